The zero-order valence-corrected chi connectivity index (χ0v) is 12.4. The van der Waals surface area contributed by atoms with Crippen LogP contribution in [0.2, 0.25) is 0 Å². The van der Waals surface area contributed by atoms with Crippen molar-refractivity contribution in [1.29, 1.82) is 0 Å². The molecule has 0 fully saturated rings. The predicted molar refractivity (Wildman–Crippen MR) is 76.4 cm³/mol. The molecule has 3 nitrogen and oxygen atoms in total. The lowest BCUT2D eigenvalue weighted by Gasteiger charge is -2.04. The standard InChI is InChI=1S/C14H17BrN2O/c1-9(2)16-7-11-8-18-14(17-11)12-5-4-6-13(15)10(12)3/h4-6,8-9,16H,7H2,1-3H3. The van der Waals surface area contributed by atoms with Crippen LogP contribution in [0.4, 0.5) is 0 Å². The number of benzene rings is 1. The maximum atomic E-state index is 5.55. The van der Waals surface area contributed by atoms with Crippen molar-refractivity contribution in [3.8, 4) is 11.5 Å². The molecule has 0 radical (unpaired) electrons. The summed E-state index contributed by atoms with van der Waals surface area (Å²) in [7, 11) is 0. The maximum absolute atomic E-state index is 5.55. The van der Waals surface area contributed by atoms with Crippen LogP contribution in [0.5, 0.6) is 0 Å². The van der Waals surface area contributed by atoms with Gasteiger partial charge in [0.25, 0.3) is 0 Å². The van der Waals surface area contributed by atoms with E-state index < -0.39 is 0 Å². The van der Waals surface area contributed by atoms with Crippen molar-refractivity contribution in [3.05, 3.63) is 40.2 Å². The summed E-state index contributed by atoms with van der Waals surface area (Å²) in [5.41, 5.74) is 3.10. The molecule has 0 aliphatic carbocycles. The lowest BCUT2D eigenvalue weighted by molar-refractivity contribution is 0.560. The highest BCUT2D eigenvalue weighted by molar-refractivity contribution is 9.10. The van der Waals surface area contributed by atoms with Crippen molar-refractivity contribution < 1.29 is 4.42 Å². The number of hydrogen-bond donors (Lipinski definition) is 1. The number of hydrogen-bond acceptors (Lipinski definition) is 3. The summed E-state index contributed by atoms with van der Waals surface area (Å²) >= 11 is 3.52. The van der Waals surface area contributed by atoms with Crippen molar-refractivity contribution >= 4 is 15.9 Å². The van der Waals surface area contributed by atoms with Gasteiger partial charge in [0.15, 0.2) is 0 Å². The third kappa shape index (κ3) is 3.00. The molecular weight excluding hydrogens is 292 g/mol. The van der Waals surface area contributed by atoms with Gasteiger partial charge in [-0.05, 0) is 24.6 Å². The molecule has 1 aromatic carbocycles. The summed E-state index contributed by atoms with van der Waals surface area (Å²) in [5, 5.41) is 3.32. The Kier molecular flexibility index (Phi) is 4.19. The number of aromatic nitrogens is 1. The van der Waals surface area contributed by atoms with Crippen molar-refractivity contribution in [2.45, 2.75) is 33.4 Å². The first kappa shape index (κ1) is 13.3. The van der Waals surface area contributed by atoms with Gasteiger partial charge in [0.2, 0.25) is 5.89 Å². The first-order valence-corrected chi connectivity index (χ1v) is 6.80. The summed E-state index contributed by atoms with van der Waals surface area (Å²) in [4.78, 5) is 4.50. The van der Waals surface area contributed by atoms with Crippen LogP contribution in [0.25, 0.3) is 11.5 Å². The molecule has 0 spiro atoms. The Balaban J connectivity index is 2.21. The van der Waals surface area contributed by atoms with Gasteiger partial charge in [-0.2, -0.15) is 0 Å². The Morgan fingerprint density at radius 2 is 2.17 bits per heavy atom. The quantitative estimate of drug-likeness (QED) is 0.930. The van der Waals surface area contributed by atoms with E-state index in [1.54, 1.807) is 6.26 Å². The molecule has 2 rings (SSSR count). The Bertz CT molecular complexity index is 534. The van der Waals surface area contributed by atoms with Crippen molar-refractivity contribution in [3.63, 3.8) is 0 Å². The van der Waals surface area contributed by atoms with Crippen molar-refractivity contribution in [2.24, 2.45) is 0 Å². The van der Waals surface area contributed by atoms with Gasteiger partial charge in [-0.25, -0.2) is 4.98 Å². The molecule has 0 aliphatic rings. The fourth-order valence-electron chi connectivity index (χ4n) is 1.66. The van der Waals surface area contributed by atoms with E-state index in [4.69, 9.17) is 4.42 Å². The van der Waals surface area contributed by atoms with Gasteiger partial charge < -0.3 is 9.73 Å². The second-order valence-electron chi connectivity index (χ2n) is 4.59. The van der Waals surface area contributed by atoms with Crippen LogP contribution >= 0.6 is 15.9 Å². The fraction of sp³-hybridized carbons (Fsp3) is 0.357. The van der Waals surface area contributed by atoms with Crippen LogP contribution in [0.1, 0.15) is 25.1 Å². The maximum Gasteiger partial charge on any atom is 0.226 e. The van der Waals surface area contributed by atoms with Gasteiger partial charge in [0.05, 0.1) is 5.69 Å². The molecule has 0 amide bonds. The highest BCUT2D eigenvalue weighted by atomic mass is 79.9. The Morgan fingerprint density at radius 3 is 2.89 bits per heavy atom. The molecule has 4 heteroatoms. The largest absolute Gasteiger partial charge is 0.444 e. The first-order chi connectivity index (χ1) is 8.58. The monoisotopic (exact) mass is 308 g/mol. The van der Waals surface area contributed by atoms with E-state index in [1.807, 2.05) is 18.2 Å². The molecule has 1 heterocycles. The minimum atomic E-state index is 0.442. The smallest absolute Gasteiger partial charge is 0.226 e. The molecule has 1 N–H and O–H groups in total. The van der Waals surface area contributed by atoms with Gasteiger partial charge in [-0.3, -0.25) is 0 Å². The highest BCUT2D eigenvalue weighted by Crippen LogP contribution is 2.27. The molecule has 1 aromatic heterocycles. The van der Waals surface area contributed by atoms with E-state index in [9.17, 15) is 0 Å². The predicted octanol–water partition coefficient (Wildman–Crippen LogP) is 3.91. The number of nitrogens with zero attached hydrogens (tertiary/aromatic N) is 1. The normalized spacial score (nSPS) is 11.2. The lowest BCUT2D eigenvalue weighted by Crippen LogP contribution is -2.21. The van der Waals surface area contributed by atoms with Crippen LogP contribution in [0, 0.1) is 6.92 Å². The Labute approximate surface area is 116 Å². The molecule has 2 aromatic rings. The van der Waals surface area contributed by atoms with E-state index in [1.165, 1.54) is 0 Å². The first-order valence-electron chi connectivity index (χ1n) is 6.01. The van der Waals surface area contributed by atoms with Gasteiger partial charge in [-0.15, -0.1) is 0 Å². The summed E-state index contributed by atoms with van der Waals surface area (Å²) in [5.74, 6) is 0.675. The molecule has 0 atom stereocenters. The summed E-state index contributed by atoms with van der Waals surface area (Å²) in [6.45, 7) is 7.00. The molecule has 0 unspecified atom stereocenters. The highest BCUT2D eigenvalue weighted by Gasteiger charge is 2.10. The zero-order valence-electron chi connectivity index (χ0n) is 10.8. The van der Waals surface area contributed by atoms with Crippen LogP contribution in [-0.2, 0) is 6.54 Å². The lowest BCUT2D eigenvalue weighted by atomic mass is 10.1. The van der Waals surface area contributed by atoms with Gasteiger partial charge in [0, 0.05) is 22.6 Å². The van der Waals surface area contributed by atoms with E-state index in [0.717, 1.165) is 27.8 Å². The third-order valence-corrected chi connectivity index (χ3v) is 3.60. The molecule has 0 bridgehead atoms. The second-order valence-corrected chi connectivity index (χ2v) is 5.45. The van der Waals surface area contributed by atoms with Gasteiger partial charge in [0.1, 0.15) is 6.26 Å². The van der Waals surface area contributed by atoms with E-state index in [2.05, 4.69) is 47.0 Å². The number of nitrogens with one attached hydrogen (secondary N) is 1. The molecule has 18 heavy (non-hydrogen) atoms. The number of oxazole rings is 1. The van der Waals surface area contributed by atoms with Crippen LogP contribution < -0.4 is 5.32 Å². The summed E-state index contributed by atoms with van der Waals surface area (Å²) in [6.07, 6.45) is 1.71. The van der Waals surface area contributed by atoms with Crippen molar-refractivity contribution in [1.82, 2.24) is 10.3 Å². The van der Waals surface area contributed by atoms with E-state index in [0.29, 0.717) is 11.9 Å². The SMILES string of the molecule is Cc1c(Br)cccc1-c1nc(CNC(C)C)co1. The topological polar surface area (TPSA) is 38.1 Å². The molecule has 96 valence electrons. The van der Waals surface area contributed by atoms with E-state index in [-0.39, 0.29) is 0 Å². The summed E-state index contributed by atoms with van der Waals surface area (Å²) in [6, 6.07) is 6.47. The van der Waals surface area contributed by atoms with Crippen LogP contribution in [0.3, 0.4) is 0 Å². The minimum Gasteiger partial charge on any atom is -0.444 e. The second kappa shape index (κ2) is 5.67. The third-order valence-electron chi connectivity index (χ3n) is 2.74. The number of halogens is 1. The Morgan fingerprint density at radius 1 is 1.39 bits per heavy atom. The van der Waals surface area contributed by atoms with Crippen LogP contribution in [-0.4, -0.2) is 11.0 Å². The van der Waals surface area contributed by atoms with Crippen LogP contribution in [0.15, 0.2) is 33.4 Å². The Hall–Kier alpha value is -1.13. The average Bonchev–Trinajstić information content (AvgIpc) is 2.78. The average molecular weight is 309 g/mol. The zero-order chi connectivity index (χ0) is 13.1. The van der Waals surface area contributed by atoms with Gasteiger partial charge >= 0.3 is 0 Å². The van der Waals surface area contributed by atoms with E-state index >= 15 is 0 Å². The minimum absolute atomic E-state index is 0.442. The fourth-order valence-corrected chi connectivity index (χ4v) is 2.03. The molecule has 0 saturated heterocycles. The van der Waals surface area contributed by atoms with Gasteiger partial charge in [-0.1, -0.05) is 35.8 Å². The number of rotatable bonds is 4. The van der Waals surface area contributed by atoms with Crippen molar-refractivity contribution in [2.75, 3.05) is 0 Å². The molecule has 0 aliphatic heterocycles. The summed E-state index contributed by atoms with van der Waals surface area (Å²) < 4.78 is 6.62. The molecular formula is C14H17BrN2O. The molecule has 0 saturated carbocycles.